The highest BCUT2D eigenvalue weighted by Crippen LogP contribution is 2.19. The molecule has 0 saturated carbocycles. The van der Waals surface area contributed by atoms with E-state index in [4.69, 9.17) is 0 Å². The molecule has 0 amide bonds. The van der Waals surface area contributed by atoms with E-state index in [2.05, 4.69) is 29.0 Å². The molecule has 2 unspecified atom stereocenters. The molecule has 0 spiro atoms. The molecule has 0 aliphatic carbocycles. The number of benzene rings is 1. The Morgan fingerprint density at radius 3 is 2.57 bits per heavy atom. The lowest BCUT2D eigenvalue weighted by Crippen LogP contribution is -2.31. The van der Waals surface area contributed by atoms with Crippen molar-refractivity contribution in [2.45, 2.75) is 25.0 Å². The lowest BCUT2D eigenvalue weighted by Gasteiger charge is -2.20. The molecule has 3 nitrogen and oxygen atoms in total. The Morgan fingerprint density at radius 2 is 1.90 bits per heavy atom. The summed E-state index contributed by atoms with van der Waals surface area (Å²) in [6, 6.07) is 16.1. The van der Waals surface area contributed by atoms with Gasteiger partial charge in [0.1, 0.15) is 0 Å². The van der Waals surface area contributed by atoms with E-state index in [9.17, 15) is 5.11 Å². The van der Waals surface area contributed by atoms with Gasteiger partial charge in [-0.25, -0.2) is 0 Å². The van der Waals surface area contributed by atoms with Crippen LogP contribution >= 0.6 is 0 Å². The molecule has 0 aliphatic heterocycles. The molecule has 110 valence electrons. The standard InChI is InChI=1S/C18H22N2O/c1-2-3-11-16(21)14-20-18(15-9-5-4-6-10-15)17-12-7-8-13-19-17/h2,4-10,12-13,16,18,20-21H,1,3,11,14H2. The maximum atomic E-state index is 9.99. The van der Waals surface area contributed by atoms with Crippen molar-refractivity contribution < 1.29 is 5.11 Å². The minimum atomic E-state index is -0.377. The second-order valence-electron chi connectivity index (χ2n) is 5.03. The van der Waals surface area contributed by atoms with Gasteiger partial charge in [0, 0.05) is 12.7 Å². The van der Waals surface area contributed by atoms with Gasteiger partial charge in [-0.3, -0.25) is 4.98 Å². The molecule has 2 rings (SSSR count). The molecule has 0 aliphatic rings. The number of hydrogen-bond donors (Lipinski definition) is 2. The summed E-state index contributed by atoms with van der Waals surface area (Å²) < 4.78 is 0. The van der Waals surface area contributed by atoms with Crippen molar-refractivity contribution in [2.75, 3.05) is 6.54 Å². The number of hydrogen-bond acceptors (Lipinski definition) is 3. The zero-order chi connectivity index (χ0) is 14.9. The van der Waals surface area contributed by atoms with E-state index in [-0.39, 0.29) is 12.1 Å². The Morgan fingerprint density at radius 1 is 1.14 bits per heavy atom. The number of aliphatic hydroxyl groups is 1. The smallest absolute Gasteiger partial charge is 0.0752 e. The third kappa shape index (κ3) is 4.81. The second-order valence-corrected chi connectivity index (χ2v) is 5.03. The van der Waals surface area contributed by atoms with Crippen molar-refractivity contribution in [2.24, 2.45) is 0 Å². The molecule has 21 heavy (non-hydrogen) atoms. The summed E-state index contributed by atoms with van der Waals surface area (Å²) in [7, 11) is 0. The summed E-state index contributed by atoms with van der Waals surface area (Å²) in [5.74, 6) is 0. The van der Waals surface area contributed by atoms with Gasteiger partial charge in [0.15, 0.2) is 0 Å². The molecule has 0 fully saturated rings. The largest absolute Gasteiger partial charge is 0.392 e. The third-order valence-electron chi connectivity index (χ3n) is 3.38. The number of nitrogens with one attached hydrogen (secondary N) is 1. The van der Waals surface area contributed by atoms with Crippen molar-refractivity contribution in [3.8, 4) is 0 Å². The Bertz CT molecular complexity index is 488. The molecule has 1 heterocycles. The van der Waals surface area contributed by atoms with Gasteiger partial charge in [-0.15, -0.1) is 6.58 Å². The SMILES string of the molecule is C=CCCC(O)CNC(c1ccccc1)c1ccccn1. The fourth-order valence-corrected chi connectivity index (χ4v) is 2.25. The lowest BCUT2D eigenvalue weighted by molar-refractivity contribution is 0.160. The number of aliphatic hydroxyl groups excluding tert-OH is 1. The van der Waals surface area contributed by atoms with Gasteiger partial charge in [-0.2, -0.15) is 0 Å². The van der Waals surface area contributed by atoms with E-state index < -0.39 is 0 Å². The molecule has 0 radical (unpaired) electrons. The van der Waals surface area contributed by atoms with Crippen LogP contribution in [0.5, 0.6) is 0 Å². The van der Waals surface area contributed by atoms with Crippen LogP contribution in [0, 0.1) is 0 Å². The predicted molar refractivity (Wildman–Crippen MR) is 86.0 cm³/mol. The number of rotatable bonds is 8. The number of aromatic nitrogens is 1. The molecule has 1 aromatic heterocycles. The molecular weight excluding hydrogens is 260 g/mol. The highest BCUT2D eigenvalue weighted by Gasteiger charge is 2.15. The van der Waals surface area contributed by atoms with Gasteiger partial charge < -0.3 is 10.4 Å². The van der Waals surface area contributed by atoms with Crippen molar-refractivity contribution in [3.05, 3.63) is 78.6 Å². The zero-order valence-electron chi connectivity index (χ0n) is 12.2. The second kappa shape index (κ2) is 8.35. The van der Waals surface area contributed by atoms with Gasteiger partial charge in [0.2, 0.25) is 0 Å². The molecule has 3 heteroatoms. The Balaban J connectivity index is 2.08. The van der Waals surface area contributed by atoms with Crippen LogP contribution in [0.25, 0.3) is 0 Å². The summed E-state index contributed by atoms with van der Waals surface area (Å²) in [6.07, 6.45) is 4.79. The van der Waals surface area contributed by atoms with Crippen LogP contribution in [0.2, 0.25) is 0 Å². The van der Waals surface area contributed by atoms with E-state index in [1.54, 1.807) is 6.20 Å². The Labute approximate surface area is 126 Å². The fraction of sp³-hybridized carbons (Fsp3) is 0.278. The normalized spacial score (nSPS) is 13.6. The van der Waals surface area contributed by atoms with Crippen molar-refractivity contribution in [3.63, 3.8) is 0 Å². The maximum absolute atomic E-state index is 9.99. The van der Waals surface area contributed by atoms with Gasteiger partial charge in [-0.05, 0) is 30.5 Å². The maximum Gasteiger partial charge on any atom is 0.0752 e. The van der Waals surface area contributed by atoms with E-state index >= 15 is 0 Å². The van der Waals surface area contributed by atoms with Crippen molar-refractivity contribution in [1.29, 1.82) is 0 Å². The highest BCUT2D eigenvalue weighted by molar-refractivity contribution is 5.27. The monoisotopic (exact) mass is 282 g/mol. The first-order valence-corrected chi connectivity index (χ1v) is 7.29. The van der Waals surface area contributed by atoms with E-state index in [1.165, 1.54) is 0 Å². The van der Waals surface area contributed by atoms with Crippen molar-refractivity contribution >= 4 is 0 Å². The molecule has 0 bridgehead atoms. The van der Waals surface area contributed by atoms with Crippen molar-refractivity contribution in [1.82, 2.24) is 10.3 Å². The molecule has 2 atom stereocenters. The van der Waals surface area contributed by atoms with Crippen LogP contribution < -0.4 is 5.32 Å². The van der Waals surface area contributed by atoms with Crippen LogP contribution in [-0.4, -0.2) is 22.7 Å². The summed E-state index contributed by atoms with van der Waals surface area (Å²) in [5, 5.41) is 13.4. The van der Waals surface area contributed by atoms with Gasteiger partial charge in [0.25, 0.3) is 0 Å². The lowest BCUT2D eigenvalue weighted by atomic mass is 10.0. The fourth-order valence-electron chi connectivity index (χ4n) is 2.25. The zero-order valence-corrected chi connectivity index (χ0v) is 12.2. The van der Waals surface area contributed by atoms with E-state index in [0.29, 0.717) is 6.54 Å². The molecular formula is C18H22N2O. The Kier molecular flexibility index (Phi) is 6.13. The third-order valence-corrected chi connectivity index (χ3v) is 3.38. The highest BCUT2D eigenvalue weighted by atomic mass is 16.3. The van der Waals surface area contributed by atoms with Crippen LogP contribution in [0.15, 0.2) is 67.4 Å². The summed E-state index contributed by atoms with van der Waals surface area (Å²) in [4.78, 5) is 4.44. The number of pyridine rings is 1. The van der Waals surface area contributed by atoms with Gasteiger partial charge >= 0.3 is 0 Å². The predicted octanol–water partition coefficient (Wildman–Crippen LogP) is 3.09. The molecule has 2 N–H and O–H groups in total. The quantitative estimate of drug-likeness (QED) is 0.731. The first kappa shape index (κ1) is 15.4. The number of nitrogens with zero attached hydrogens (tertiary/aromatic N) is 1. The van der Waals surface area contributed by atoms with E-state index in [1.807, 2.05) is 42.5 Å². The molecule has 2 aromatic rings. The Hall–Kier alpha value is -1.97. The minimum Gasteiger partial charge on any atom is -0.392 e. The first-order valence-electron chi connectivity index (χ1n) is 7.29. The van der Waals surface area contributed by atoms with Crippen LogP contribution in [0.4, 0.5) is 0 Å². The number of allylic oxidation sites excluding steroid dienone is 1. The van der Waals surface area contributed by atoms with Crippen LogP contribution in [0.3, 0.4) is 0 Å². The van der Waals surface area contributed by atoms with Crippen LogP contribution in [0.1, 0.15) is 30.1 Å². The molecule has 0 saturated heterocycles. The summed E-state index contributed by atoms with van der Waals surface area (Å²) >= 11 is 0. The average Bonchev–Trinajstić information content (AvgIpc) is 2.55. The summed E-state index contributed by atoms with van der Waals surface area (Å²) in [5.41, 5.74) is 2.10. The van der Waals surface area contributed by atoms with E-state index in [0.717, 1.165) is 24.1 Å². The minimum absolute atomic E-state index is 0.00854. The van der Waals surface area contributed by atoms with Crippen LogP contribution in [-0.2, 0) is 0 Å². The summed E-state index contributed by atoms with van der Waals surface area (Å²) in [6.45, 7) is 4.21. The van der Waals surface area contributed by atoms with Gasteiger partial charge in [0.05, 0.1) is 17.8 Å². The van der Waals surface area contributed by atoms with Gasteiger partial charge in [-0.1, -0.05) is 42.5 Å². The first-order chi connectivity index (χ1) is 10.3. The molecule has 1 aromatic carbocycles. The topological polar surface area (TPSA) is 45.1 Å². The average molecular weight is 282 g/mol.